The van der Waals surface area contributed by atoms with Crippen molar-refractivity contribution in [3.05, 3.63) is 76.6 Å². The van der Waals surface area contributed by atoms with Gasteiger partial charge in [0.05, 0.1) is 22.2 Å². The van der Waals surface area contributed by atoms with Crippen LogP contribution >= 0.6 is 0 Å². The van der Waals surface area contributed by atoms with Crippen LogP contribution in [0.1, 0.15) is 37.0 Å². The van der Waals surface area contributed by atoms with Gasteiger partial charge in [0.1, 0.15) is 5.75 Å². The van der Waals surface area contributed by atoms with Crippen molar-refractivity contribution in [1.82, 2.24) is 4.98 Å². The van der Waals surface area contributed by atoms with Crippen molar-refractivity contribution in [2.75, 3.05) is 5.32 Å². The van der Waals surface area contributed by atoms with E-state index in [2.05, 4.69) is 10.3 Å². The Morgan fingerprint density at radius 3 is 2.26 bits per heavy atom. The molecular formula is C24H20F6N2O2. The first-order valence-corrected chi connectivity index (χ1v) is 10.1. The maximum absolute atomic E-state index is 13.0. The van der Waals surface area contributed by atoms with Gasteiger partial charge in [0, 0.05) is 28.5 Å². The number of carbonyl (C=O) groups is 1. The van der Waals surface area contributed by atoms with E-state index in [-0.39, 0.29) is 34.3 Å². The number of pyridine rings is 1. The first-order valence-electron chi connectivity index (χ1n) is 10.1. The highest BCUT2D eigenvalue weighted by atomic mass is 19.4. The van der Waals surface area contributed by atoms with Crippen molar-refractivity contribution in [3.63, 3.8) is 0 Å². The number of nitrogens with one attached hydrogen (secondary N) is 1. The Hall–Kier alpha value is -3.56. The van der Waals surface area contributed by atoms with Gasteiger partial charge in [-0.15, -0.1) is 0 Å². The number of carbonyl (C=O) groups excluding carboxylic acids is 1. The third-order valence-corrected chi connectivity index (χ3v) is 5.12. The number of alkyl halides is 6. The fourth-order valence-corrected chi connectivity index (χ4v) is 3.27. The number of allylic oxidation sites excluding steroid dienone is 1. The Morgan fingerprint density at radius 1 is 1.00 bits per heavy atom. The topological polar surface area (TPSA) is 51.2 Å². The van der Waals surface area contributed by atoms with Crippen LogP contribution in [0.2, 0.25) is 0 Å². The smallest absolute Gasteiger partial charge is 0.416 e. The molecule has 10 heteroatoms. The summed E-state index contributed by atoms with van der Waals surface area (Å²) < 4.78 is 83.5. The molecule has 180 valence electrons. The lowest BCUT2D eigenvalue weighted by Crippen LogP contribution is -2.15. The molecule has 0 saturated heterocycles. The van der Waals surface area contributed by atoms with E-state index >= 15 is 0 Å². The van der Waals surface area contributed by atoms with Gasteiger partial charge < -0.3 is 10.1 Å². The van der Waals surface area contributed by atoms with Crippen LogP contribution in [0, 0.1) is 6.92 Å². The number of anilines is 1. The minimum Gasteiger partial charge on any atom is -0.422 e. The average molecular weight is 482 g/mol. The lowest BCUT2D eigenvalue weighted by atomic mass is 10.1. The molecular weight excluding hydrogens is 462 g/mol. The predicted molar refractivity (Wildman–Crippen MR) is 115 cm³/mol. The molecule has 0 spiro atoms. The Balaban J connectivity index is 1.92. The lowest BCUT2D eigenvalue weighted by Gasteiger charge is -2.16. The maximum atomic E-state index is 13.0. The number of hydrogen-bond donors (Lipinski definition) is 1. The van der Waals surface area contributed by atoms with Crippen molar-refractivity contribution >= 4 is 22.6 Å². The summed E-state index contributed by atoms with van der Waals surface area (Å²) in [6, 6.07) is 7.45. The zero-order valence-electron chi connectivity index (χ0n) is 18.4. The number of aryl methyl sites for hydroxylation is 1. The molecule has 0 amide bonds. The van der Waals surface area contributed by atoms with Crippen molar-refractivity contribution < 1.29 is 35.9 Å². The van der Waals surface area contributed by atoms with Gasteiger partial charge in [0.15, 0.2) is 0 Å². The van der Waals surface area contributed by atoms with Crippen molar-refractivity contribution in [1.29, 1.82) is 0 Å². The molecule has 0 unspecified atom stereocenters. The summed E-state index contributed by atoms with van der Waals surface area (Å²) in [7, 11) is 0. The Morgan fingerprint density at radius 2 is 1.65 bits per heavy atom. The van der Waals surface area contributed by atoms with Crippen molar-refractivity contribution in [2.45, 2.75) is 39.5 Å². The molecule has 0 aliphatic rings. The van der Waals surface area contributed by atoms with E-state index in [1.807, 2.05) is 0 Å². The van der Waals surface area contributed by atoms with Crippen LogP contribution in [-0.4, -0.2) is 11.0 Å². The summed E-state index contributed by atoms with van der Waals surface area (Å²) in [5.41, 5.74) is -0.714. The standard InChI is InChI=1S/C24H20F6N2O2/c1-4-19(32-17-7-5-6-15(10-17)23(25,26)27)14(3)22(33)34-21-13(2)12-31-20-11-16(24(28,29)30)8-9-18(20)21/h5-12,32H,4H2,1-3H3/b19-14+. The highest BCUT2D eigenvalue weighted by Gasteiger charge is 2.31. The Labute approximate surface area is 191 Å². The van der Waals surface area contributed by atoms with Crippen LogP contribution < -0.4 is 10.1 Å². The van der Waals surface area contributed by atoms with Crippen LogP contribution in [0.3, 0.4) is 0 Å². The average Bonchev–Trinajstić information content (AvgIpc) is 2.77. The maximum Gasteiger partial charge on any atom is 0.416 e. The first-order chi connectivity index (χ1) is 15.8. The minimum absolute atomic E-state index is 0.00247. The molecule has 2 aromatic carbocycles. The van der Waals surface area contributed by atoms with Gasteiger partial charge in [-0.2, -0.15) is 26.3 Å². The van der Waals surface area contributed by atoms with E-state index in [0.717, 1.165) is 24.3 Å². The highest BCUT2D eigenvalue weighted by Crippen LogP contribution is 2.35. The zero-order valence-corrected chi connectivity index (χ0v) is 18.4. The van der Waals surface area contributed by atoms with E-state index in [1.165, 1.54) is 31.3 Å². The molecule has 0 bridgehead atoms. The number of halogens is 6. The van der Waals surface area contributed by atoms with Crippen LogP contribution in [0.25, 0.3) is 10.9 Å². The largest absolute Gasteiger partial charge is 0.422 e. The van der Waals surface area contributed by atoms with Gasteiger partial charge in [-0.05, 0) is 56.7 Å². The van der Waals surface area contributed by atoms with E-state index < -0.39 is 29.4 Å². The molecule has 3 aromatic rings. The monoisotopic (exact) mass is 482 g/mol. The normalized spacial score (nSPS) is 13.0. The summed E-state index contributed by atoms with van der Waals surface area (Å²) in [4.78, 5) is 16.8. The fraction of sp³-hybridized carbons (Fsp3) is 0.250. The lowest BCUT2D eigenvalue weighted by molar-refractivity contribution is -0.138. The summed E-state index contributed by atoms with van der Waals surface area (Å²) in [5.74, 6) is -0.746. The molecule has 4 nitrogen and oxygen atoms in total. The number of aromatic nitrogens is 1. The SMILES string of the molecule is CC/C(Nc1cccc(C(F)(F)F)c1)=C(/C)C(=O)Oc1c(C)cnc2cc(C(F)(F)F)ccc12. The van der Waals surface area contributed by atoms with E-state index in [4.69, 9.17) is 4.74 Å². The second-order valence-corrected chi connectivity index (χ2v) is 7.55. The molecule has 3 rings (SSSR count). The van der Waals surface area contributed by atoms with Crippen molar-refractivity contribution in [2.24, 2.45) is 0 Å². The first kappa shape index (κ1) is 25.1. The number of benzene rings is 2. The number of ether oxygens (including phenoxy) is 1. The summed E-state index contributed by atoms with van der Waals surface area (Å²) in [5, 5.41) is 3.05. The molecule has 0 fully saturated rings. The summed E-state index contributed by atoms with van der Waals surface area (Å²) in [6.45, 7) is 4.74. The van der Waals surface area contributed by atoms with Gasteiger partial charge in [0.2, 0.25) is 0 Å². The van der Waals surface area contributed by atoms with Crippen LogP contribution in [0.15, 0.2) is 59.9 Å². The molecule has 0 saturated carbocycles. The quantitative estimate of drug-likeness (QED) is 0.236. The predicted octanol–water partition coefficient (Wildman–Crippen LogP) is 7.28. The molecule has 34 heavy (non-hydrogen) atoms. The second-order valence-electron chi connectivity index (χ2n) is 7.55. The van der Waals surface area contributed by atoms with E-state index in [9.17, 15) is 31.1 Å². The number of rotatable bonds is 5. The molecule has 1 aromatic heterocycles. The molecule has 1 N–H and O–H groups in total. The molecule has 0 aliphatic heterocycles. The zero-order chi connectivity index (χ0) is 25.3. The minimum atomic E-state index is -4.55. The number of nitrogens with zero attached hydrogens (tertiary/aromatic N) is 1. The van der Waals surface area contributed by atoms with Crippen LogP contribution in [0.5, 0.6) is 5.75 Å². The Bertz CT molecular complexity index is 1260. The number of fused-ring (bicyclic) bond motifs is 1. The van der Waals surface area contributed by atoms with E-state index in [1.54, 1.807) is 13.8 Å². The third kappa shape index (κ3) is 5.49. The summed E-state index contributed by atoms with van der Waals surface area (Å²) >= 11 is 0. The molecule has 0 radical (unpaired) electrons. The Kier molecular flexibility index (Phi) is 6.90. The van der Waals surface area contributed by atoms with Gasteiger partial charge in [-0.25, -0.2) is 4.79 Å². The van der Waals surface area contributed by atoms with Gasteiger partial charge in [0.25, 0.3) is 0 Å². The second kappa shape index (κ2) is 9.36. The molecule has 0 atom stereocenters. The number of esters is 1. The van der Waals surface area contributed by atoms with Crippen LogP contribution in [0.4, 0.5) is 32.0 Å². The highest BCUT2D eigenvalue weighted by molar-refractivity contribution is 5.95. The molecule has 0 aliphatic carbocycles. The number of hydrogen-bond acceptors (Lipinski definition) is 4. The van der Waals surface area contributed by atoms with Crippen molar-refractivity contribution in [3.8, 4) is 5.75 Å². The van der Waals surface area contributed by atoms with Gasteiger partial charge in [-0.3, -0.25) is 4.98 Å². The van der Waals surface area contributed by atoms with E-state index in [0.29, 0.717) is 11.3 Å². The van der Waals surface area contributed by atoms with Gasteiger partial charge >= 0.3 is 18.3 Å². The third-order valence-electron chi connectivity index (χ3n) is 5.12. The molecule has 1 heterocycles. The fourth-order valence-electron chi connectivity index (χ4n) is 3.27. The summed E-state index contributed by atoms with van der Waals surface area (Å²) in [6.07, 6.45) is -7.50. The van der Waals surface area contributed by atoms with Gasteiger partial charge in [-0.1, -0.05) is 13.0 Å². The van der Waals surface area contributed by atoms with Crippen LogP contribution in [-0.2, 0) is 17.1 Å².